The van der Waals surface area contributed by atoms with E-state index < -0.39 is 0 Å². The first-order valence-corrected chi connectivity index (χ1v) is 5.55. The zero-order valence-electron chi connectivity index (χ0n) is 10.8. The lowest BCUT2D eigenvalue weighted by molar-refractivity contribution is -0.122. The molecular weight excluding hydrogens is 236 g/mol. The molecule has 96 valence electrons. The van der Waals surface area contributed by atoms with Gasteiger partial charge in [-0.05, 0) is 31.9 Å². The van der Waals surface area contributed by atoms with Crippen molar-refractivity contribution in [2.24, 2.45) is 0 Å². The Morgan fingerprint density at radius 1 is 1.35 bits per heavy atom. The number of benzene rings is 1. The second kappa shape index (κ2) is 7.30. The molecule has 0 aromatic heterocycles. The molecule has 1 aromatic carbocycles. The van der Waals surface area contributed by atoms with Gasteiger partial charge in [0.15, 0.2) is 0 Å². The molecule has 0 fully saturated rings. The summed E-state index contributed by atoms with van der Waals surface area (Å²) >= 11 is 0. The van der Waals surface area contributed by atoms with Gasteiger partial charge in [0.1, 0.15) is 0 Å². The number of carbonyl (C=O) groups excluding carboxylic acids is 1. The number of aryl methyl sites for hydroxylation is 2. The first-order chi connectivity index (χ1) is 7.54. The Balaban J connectivity index is 0.00000256. The summed E-state index contributed by atoms with van der Waals surface area (Å²) in [6, 6.07) is 6.19. The normalized spacial score (nSPS) is 11.5. The Bertz CT molecular complexity index is 380. The second-order valence-electron chi connectivity index (χ2n) is 4.15. The van der Waals surface area contributed by atoms with Crippen LogP contribution >= 0.6 is 12.4 Å². The Morgan fingerprint density at radius 3 is 2.53 bits per heavy atom. The number of rotatable bonds is 4. The van der Waals surface area contributed by atoms with E-state index >= 15 is 0 Å². The predicted molar refractivity (Wildman–Crippen MR) is 73.5 cm³/mol. The summed E-state index contributed by atoms with van der Waals surface area (Å²) in [6.45, 7) is 6.76. The number of carbonyl (C=O) groups is 1. The SMILES string of the molecule is CNC(=O)[C@@H](C)NCc1ccc(C)cc1C.Cl. The molecule has 1 rings (SSSR count). The standard InChI is InChI=1S/C13H20N2O.ClH/c1-9-5-6-12(10(2)7-9)8-15-11(3)13(16)14-4;/h5-7,11,15H,8H2,1-4H3,(H,14,16);1H/t11-;/m1./s1. The molecule has 0 aliphatic rings. The summed E-state index contributed by atoms with van der Waals surface area (Å²) in [4.78, 5) is 11.3. The molecule has 4 heteroatoms. The molecule has 2 N–H and O–H groups in total. The topological polar surface area (TPSA) is 41.1 Å². The average Bonchev–Trinajstić information content (AvgIpc) is 2.26. The van der Waals surface area contributed by atoms with Crippen LogP contribution in [-0.4, -0.2) is 19.0 Å². The molecule has 0 aliphatic heterocycles. The quantitative estimate of drug-likeness (QED) is 0.865. The van der Waals surface area contributed by atoms with Crippen LogP contribution in [0.4, 0.5) is 0 Å². The molecule has 1 aromatic rings. The van der Waals surface area contributed by atoms with Gasteiger partial charge in [0.05, 0.1) is 6.04 Å². The van der Waals surface area contributed by atoms with Gasteiger partial charge in [0, 0.05) is 13.6 Å². The van der Waals surface area contributed by atoms with Crippen molar-refractivity contribution in [3.8, 4) is 0 Å². The third kappa shape index (κ3) is 4.75. The molecule has 0 unspecified atom stereocenters. The van der Waals surface area contributed by atoms with Crippen LogP contribution < -0.4 is 10.6 Å². The van der Waals surface area contributed by atoms with E-state index in [2.05, 4.69) is 42.7 Å². The molecule has 0 saturated heterocycles. The number of hydrogen-bond acceptors (Lipinski definition) is 2. The van der Waals surface area contributed by atoms with E-state index in [-0.39, 0.29) is 24.4 Å². The van der Waals surface area contributed by atoms with Gasteiger partial charge < -0.3 is 10.6 Å². The Labute approximate surface area is 109 Å². The summed E-state index contributed by atoms with van der Waals surface area (Å²) in [7, 11) is 1.65. The Hall–Kier alpha value is -1.06. The predicted octanol–water partition coefficient (Wildman–Crippen LogP) is 1.95. The van der Waals surface area contributed by atoms with Crippen LogP contribution in [0.5, 0.6) is 0 Å². The van der Waals surface area contributed by atoms with Crippen molar-refractivity contribution in [3.05, 3.63) is 34.9 Å². The minimum atomic E-state index is -0.161. The van der Waals surface area contributed by atoms with Crippen LogP contribution in [0.2, 0.25) is 0 Å². The highest BCUT2D eigenvalue weighted by molar-refractivity contribution is 5.85. The summed E-state index contributed by atoms with van der Waals surface area (Å²) in [5.74, 6) is 0.0183. The lowest BCUT2D eigenvalue weighted by Crippen LogP contribution is -2.40. The maximum absolute atomic E-state index is 11.3. The minimum Gasteiger partial charge on any atom is -0.358 e. The highest BCUT2D eigenvalue weighted by Crippen LogP contribution is 2.10. The number of amides is 1. The first kappa shape index (κ1) is 15.9. The zero-order chi connectivity index (χ0) is 12.1. The molecule has 0 heterocycles. The van der Waals surface area contributed by atoms with E-state index in [0.29, 0.717) is 0 Å². The van der Waals surface area contributed by atoms with Gasteiger partial charge in [0.25, 0.3) is 0 Å². The van der Waals surface area contributed by atoms with Crippen molar-refractivity contribution in [2.45, 2.75) is 33.4 Å². The molecule has 17 heavy (non-hydrogen) atoms. The average molecular weight is 257 g/mol. The van der Waals surface area contributed by atoms with Crippen molar-refractivity contribution in [2.75, 3.05) is 7.05 Å². The molecule has 0 spiro atoms. The molecule has 0 aliphatic carbocycles. The van der Waals surface area contributed by atoms with Crippen LogP contribution in [0.25, 0.3) is 0 Å². The van der Waals surface area contributed by atoms with Gasteiger partial charge in [0.2, 0.25) is 5.91 Å². The number of likely N-dealkylation sites (N-methyl/N-ethyl adjacent to an activating group) is 1. The first-order valence-electron chi connectivity index (χ1n) is 5.55. The molecular formula is C13H21ClN2O. The van der Waals surface area contributed by atoms with Crippen LogP contribution in [-0.2, 0) is 11.3 Å². The molecule has 1 amide bonds. The van der Waals surface area contributed by atoms with Gasteiger partial charge in [-0.1, -0.05) is 23.8 Å². The summed E-state index contributed by atoms with van der Waals surface area (Å²) in [5, 5.41) is 5.82. The van der Waals surface area contributed by atoms with Crippen LogP contribution in [0.3, 0.4) is 0 Å². The maximum Gasteiger partial charge on any atom is 0.236 e. The third-order valence-electron chi connectivity index (χ3n) is 2.74. The van der Waals surface area contributed by atoms with Crippen molar-refractivity contribution in [1.82, 2.24) is 10.6 Å². The fourth-order valence-corrected chi connectivity index (χ4v) is 1.62. The van der Waals surface area contributed by atoms with Crippen molar-refractivity contribution in [1.29, 1.82) is 0 Å². The third-order valence-corrected chi connectivity index (χ3v) is 2.74. The number of nitrogens with one attached hydrogen (secondary N) is 2. The van der Waals surface area contributed by atoms with E-state index in [9.17, 15) is 4.79 Å². The van der Waals surface area contributed by atoms with Gasteiger partial charge in [-0.15, -0.1) is 12.4 Å². The summed E-state index contributed by atoms with van der Waals surface area (Å²) < 4.78 is 0. The lowest BCUT2D eigenvalue weighted by Gasteiger charge is -2.13. The van der Waals surface area contributed by atoms with Crippen LogP contribution in [0.1, 0.15) is 23.6 Å². The van der Waals surface area contributed by atoms with E-state index in [4.69, 9.17) is 0 Å². The number of halogens is 1. The van der Waals surface area contributed by atoms with Crippen LogP contribution in [0, 0.1) is 13.8 Å². The lowest BCUT2D eigenvalue weighted by atomic mass is 10.1. The van der Waals surface area contributed by atoms with Gasteiger partial charge in [-0.3, -0.25) is 4.79 Å². The van der Waals surface area contributed by atoms with Crippen molar-refractivity contribution >= 4 is 18.3 Å². The van der Waals surface area contributed by atoms with Gasteiger partial charge >= 0.3 is 0 Å². The highest BCUT2D eigenvalue weighted by Gasteiger charge is 2.09. The molecule has 0 radical (unpaired) electrons. The van der Waals surface area contributed by atoms with Crippen LogP contribution in [0.15, 0.2) is 18.2 Å². The van der Waals surface area contributed by atoms with E-state index in [0.717, 1.165) is 6.54 Å². The smallest absolute Gasteiger partial charge is 0.236 e. The Morgan fingerprint density at radius 2 is 2.00 bits per heavy atom. The maximum atomic E-state index is 11.3. The fraction of sp³-hybridized carbons (Fsp3) is 0.462. The molecule has 0 saturated carbocycles. The molecule has 0 bridgehead atoms. The second-order valence-corrected chi connectivity index (χ2v) is 4.15. The Kier molecular flexibility index (Phi) is 6.85. The van der Waals surface area contributed by atoms with Crippen molar-refractivity contribution < 1.29 is 4.79 Å². The molecule has 3 nitrogen and oxygen atoms in total. The van der Waals surface area contributed by atoms with E-state index in [1.54, 1.807) is 7.05 Å². The van der Waals surface area contributed by atoms with E-state index in [1.807, 2.05) is 6.92 Å². The highest BCUT2D eigenvalue weighted by atomic mass is 35.5. The fourth-order valence-electron chi connectivity index (χ4n) is 1.62. The number of hydrogen-bond donors (Lipinski definition) is 2. The molecule has 1 atom stereocenters. The minimum absolute atomic E-state index is 0. The van der Waals surface area contributed by atoms with Crippen molar-refractivity contribution in [3.63, 3.8) is 0 Å². The monoisotopic (exact) mass is 256 g/mol. The van der Waals surface area contributed by atoms with Gasteiger partial charge in [-0.2, -0.15) is 0 Å². The van der Waals surface area contributed by atoms with E-state index in [1.165, 1.54) is 16.7 Å². The zero-order valence-corrected chi connectivity index (χ0v) is 11.6. The summed E-state index contributed by atoms with van der Waals surface area (Å²) in [5.41, 5.74) is 3.76. The van der Waals surface area contributed by atoms with Gasteiger partial charge in [-0.25, -0.2) is 0 Å². The largest absolute Gasteiger partial charge is 0.358 e. The summed E-state index contributed by atoms with van der Waals surface area (Å²) in [6.07, 6.45) is 0.